The predicted octanol–water partition coefficient (Wildman–Crippen LogP) is 2.49. The van der Waals surface area contributed by atoms with Crippen molar-refractivity contribution in [3.05, 3.63) is 30.1 Å². The van der Waals surface area contributed by atoms with Crippen molar-refractivity contribution >= 4 is 0 Å². The second-order valence-electron chi connectivity index (χ2n) is 4.56. The van der Waals surface area contributed by atoms with Gasteiger partial charge in [-0.3, -0.25) is 4.98 Å². The van der Waals surface area contributed by atoms with Crippen LogP contribution in [0.1, 0.15) is 44.1 Å². The number of pyridine rings is 1. The van der Waals surface area contributed by atoms with E-state index in [-0.39, 0.29) is 0 Å². The van der Waals surface area contributed by atoms with Crippen LogP contribution >= 0.6 is 0 Å². The summed E-state index contributed by atoms with van der Waals surface area (Å²) in [6.07, 6.45) is 7.74. The molecule has 14 heavy (non-hydrogen) atoms. The minimum Gasteiger partial charge on any atom is -0.390 e. The first-order chi connectivity index (χ1) is 6.67. The molecule has 0 amide bonds. The quantitative estimate of drug-likeness (QED) is 0.739. The third-order valence-electron chi connectivity index (χ3n) is 3.22. The van der Waals surface area contributed by atoms with Gasteiger partial charge in [0.15, 0.2) is 0 Å². The zero-order valence-electron chi connectivity index (χ0n) is 8.61. The Bertz CT molecular complexity index is 284. The molecule has 1 aliphatic carbocycles. The normalized spacial score (nSPS) is 32.9. The van der Waals surface area contributed by atoms with Crippen molar-refractivity contribution in [2.75, 3.05) is 0 Å². The number of hydrogen-bond donors (Lipinski definition) is 1. The van der Waals surface area contributed by atoms with E-state index in [0.717, 1.165) is 25.7 Å². The molecule has 0 bridgehead atoms. The minimum atomic E-state index is -0.432. The van der Waals surface area contributed by atoms with Crippen molar-refractivity contribution in [2.24, 2.45) is 0 Å². The molecule has 2 nitrogen and oxygen atoms in total. The van der Waals surface area contributed by atoms with Crippen LogP contribution in [0.5, 0.6) is 0 Å². The van der Waals surface area contributed by atoms with E-state index in [4.69, 9.17) is 0 Å². The van der Waals surface area contributed by atoms with Gasteiger partial charge in [0, 0.05) is 12.4 Å². The summed E-state index contributed by atoms with van der Waals surface area (Å²) in [6.45, 7) is 1.94. The summed E-state index contributed by atoms with van der Waals surface area (Å²) in [5.74, 6) is 0.601. The SMILES string of the molecule is CC1(O)CCC(c2cccnc2)CC1. The van der Waals surface area contributed by atoms with Crippen LogP contribution < -0.4 is 0 Å². The van der Waals surface area contributed by atoms with Crippen LogP contribution in [0, 0.1) is 0 Å². The van der Waals surface area contributed by atoms with Crippen LogP contribution in [0.25, 0.3) is 0 Å². The first kappa shape index (κ1) is 9.66. The molecule has 1 aromatic rings. The average Bonchev–Trinajstić information content (AvgIpc) is 2.19. The van der Waals surface area contributed by atoms with Gasteiger partial charge in [0.1, 0.15) is 0 Å². The lowest BCUT2D eigenvalue weighted by Crippen LogP contribution is -2.29. The molecular weight excluding hydrogens is 174 g/mol. The highest BCUT2D eigenvalue weighted by Crippen LogP contribution is 2.37. The molecule has 0 aromatic carbocycles. The molecule has 0 radical (unpaired) electrons. The average molecular weight is 191 g/mol. The molecule has 1 saturated carbocycles. The van der Waals surface area contributed by atoms with Gasteiger partial charge in [-0.2, -0.15) is 0 Å². The highest BCUT2D eigenvalue weighted by molar-refractivity contribution is 5.15. The van der Waals surface area contributed by atoms with Gasteiger partial charge in [-0.05, 0) is 50.2 Å². The maximum Gasteiger partial charge on any atom is 0.0620 e. The van der Waals surface area contributed by atoms with Crippen molar-refractivity contribution in [3.8, 4) is 0 Å². The molecule has 1 aliphatic rings. The lowest BCUT2D eigenvalue weighted by molar-refractivity contribution is 0.0171. The fraction of sp³-hybridized carbons (Fsp3) is 0.583. The molecular formula is C12H17NO. The highest BCUT2D eigenvalue weighted by Gasteiger charge is 2.29. The third-order valence-corrected chi connectivity index (χ3v) is 3.22. The van der Waals surface area contributed by atoms with Gasteiger partial charge < -0.3 is 5.11 Å². The first-order valence-corrected chi connectivity index (χ1v) is 5.30. The molecule has 0 saturated heterocycles. The smallest absolute Gasteiger partial charge is 0.0620 e. The Balaban J connectivity index is 2.03. The van der Waals surface area contributed by atoms with Gasteiger partial charge in [-0.25, -0.2) is 0 Å². The molecule has 0 aliphatic heterocycles. The zero-order valence-corrected chi connectivity index (χ0v) is 8.61. The summed E-state index contributed by atoms with van der Waals surface area (Å²) in [7, 11) is 0. The van der Waals surface area contributed by atoms with E-state index in [1.54, 1.807) is 0 Å². The van der Waals surface area contributed by atoms with Crippen LogP contribution in [0.3, 0.4) is 0 Å². The van der Waals surface area contributed by atoms with Crippen LogP contribution in [-0.4, -0.2) is 15.7 Å². The van der Waals surface area contributed by atoms with Gasteiger partial charge in [0.05, 0.1) is 5.60 Å². The fourth-order valence-corrected chi connectivity index (χ4v) is 2.19. The van der Waals surface area contributed by atoms with Crippen molar-refractivity contribution in [3.63, 3.8) is 0 Å². The van der Waals surface area contributed by atoms with E-state index in [9.17, 15) is 5.11 Å². The Morgan fingerprint density at radius 1 is 1.43 bits per heavy atom. The molecule has 1 aromatic heterocycles. The second-order valence-corrected chi connectivity index (χ2v) is 4.56. The Kier molecular flexibility index (Phi) is 2.55. The summed E-state index contributed by atoms with van der Waals surface area (Å²) in [5.41, 5.74) is 0.890. The third kappa shape index (κ3) is 2.13. The topological polar surface area (TPSA) is 33.1 Å². The monoisotopic (exact) mass is 191 g/mol. The maximum atomic E-state index is 9.82. The Morgan fingerprint density at radius 2 is 2.14 bits per heavy atom. The van der Waals surface area contributed by atoms with Crippen molar-refractivity contribution in [2.45, 2.75) is 44.1 Å². The van der Waals surface area contributed by atoms with Crippen molar-refractivity contribution in [1.29, 1.82) is 0 Å². The van der Waals surface area contributed by atoms with E-state index >= 15 is 0 Å². The van der Waals surface area contributed by atoms with Crippen molar-refractivity contribution < 1.29 is 5.11 Å². The van der Waals surface area contributed by atoms with Crippen LogP contribution in [0.2, 0.25) is 0 Å². The van der Waals surface area contributed by atoms with E-state index in [0.29, 0.717) is 5.92 Å². The molecule has 0 spiro atoms. The van der Waals surface area contributed by atoms with E-state index in [1.165, 1.54) is 5.56 Å². The Labute approximate surface area is 85.0 Å². The lowest BCUT2D eigenvalue weighted by atomic mass is 9.77. The number of aromatic nitrogens is 1. The van der Waals surface area contributed by atoms with Crippen molar-refractivity contribution in [1.82, 2.24) is 4.98 Å². The summed E-state index contributed by atoms with van der Waals surface area (Å²) in [4.78, 5) is 4.13. The summed E-state index contributed by atoms with van der Waals surface area (Å²) < 4.78 is 0. The second kappa shape index (κ2) is 3.70. The molecule has 0 unspecified atom stereocenters. The van der Waals surface area contributed by atoms with Gasteiger partial charge in [0.2, 0.25) is 0 Å². The van der Waals surface area contributed by atoms with E-state index < -0.39 is 5.60 Å². The first-order valence-electron chi connectivity index (χ1n) is 5.30. The summed E-state index contributed by atoms with van der Waals surface area (Å²) in [6, 6.07) is 4.12. The van der Waals surface area contributed by atoms with Crippen LogP contribution in [0.4, 0.5) is 0 Å². The number of aliphatic hydroxyl groups is 1. The molecule has 2 heteroatoms. The van der Waals surface area contributed by atoms with Gasteiger partial charge in [-0.1, -0.05) is 6.07 Å². The Hall–Kier alpha value is -0.890. The summed E-state index contributed by atoms with van der Waals surface area (Å²) in [5, 5.41) is 9.82. The van der Waals surface area contributed by atoms with Gasteiger partial charge in [-0.15, -0.1) is 0 Å². The fourth-order valence-electron chi connectivity index (χ4n) is 2.19. The van der Waals surface area contributed by atoms with Gasteiger partial charge in [0.25, 0.3) is 0 Å². The number of rotatable bonds is 1. The zero-order chi connectivity index (χ0) is 10.0. The largest absolute Gasteiger partial charge is 0.390 e. The van der Waals surface area contributed by atoms with Crippen LogP contribution in [0.15, 0.2) is 24.5 Å². The lowest BCUT2D eigenvalue weighted by Gasteiger charge is -2.33. The molecule has 1 N–H and O–H groups in total. The predicted molar refractivity (Wildman–Crippen MR) is 56.1 cm³/mol. The minimum absolute atomic E-state index is 0.432. The van der Waals surface area contributed by atoms with Crippen LogP contribution in [-0.2, 0) is 0 Å². The highest BCUT2D eigenvalue weighted by atomic mass is 16.3. The number of nitrogens with zero attached hydrogens (tertiary/aromatic N) is 1. The Morgan fingerprint density at radius 3 is 2.71 bits per heavy atom. The molecule has 0 atom stereocenters. The standard InChI is InChI=1S/C12H17NO/c1-12(14)6-4-10(5-7-12)11-3-2-8-13-9-11/h2-3,8-10,14H,4-7H2,1H3. The van der Waals surface area contributed by atoms with E-state index in [1.807, 2.05) is 25.4 Å². The summed E-state index contributed by atoms with van der Waals surface area (Å²) >= 11 is 0. The van der Waals surface area contributed by atoms with E-state index in [2.05, 4.69) is 11.1 Å². The number of hydrogen-bond acceptors (Lipinski definition) is 2. The maximum absolute atomic E-state index is 9.82. The van der Waals surface area contributed by atoms with Gasteiger partial charge >= 0.3 is 0 Å². The molecule has 2 rings (SSSR count). The molecule has 1 fully saturated rings. The molecule has 1 heterocycles. The molecule has 76 valence electrons.